The van der Waals surface area contributed by atoms with E-state index in [0.29, 0.717) is 24.5 Å². The number of carbonyl (C=O) groups is 2. The molecule has 2 heterocycles. The van der Waals surface area contributed by atoms with Gasteiger partial charge in [0.1, 0.15) is 17.5 Å². The van der Waals surface area contributed by atoms with E-state index in [1.807, 2.05) is 0 Å². The number of methoxy groups -OCH3 is 2. The Morgan fingerprint density at radius 2 is 2.00 bits per heavy atom. The van der Waals surface area contributed by atoms with E-state index in [9.17, 15) is 22.8 Å². The molecule has 2 aromatic carbocycles. The molecule has 4 rings (SSSR count). The molecular weight excluding hydrogens is 467 g/mol. The summed E-state index contributed by atoms with van der Waals surface area (Å²) >= 11 is 0. The van der Waals surface area contributed by atoms with Crippen molar-refractivity contribution in [3.63, 3.8) is 0 Å². The topological polar surface area (TPSA) is 93.9 Å². The highest BCUT2D eigenvalue weighted by atomic mass is 19.4. The smallest absolute Gasteiger partial charge is 0.416 e. The first-order valence-electron chi connectivity index (χ1n) is 10.6. The molecule has 0 bridgehead atoms. The molecule has 1 aliphatic rings. The van der Waals surface area contributed by atoms with Crippen LogP contribution in [0.1, 0.15) is 28.0 Å². The molecule has 0 spiro atoms. The first-order chi connectivity index (χ1) is 16.7. The van der Waals surface area contributed by atoms with E-state index in [0.717, 1.165) is 24.1 Å². The van der Waals surface area contributed by atoms with E-state index >= 15 is 0 Å². The number of halogens is 3. The van der Waals surface area contributed by atoms with Crippen LogP contribution in [0.15, 0.2) is 53.3 Å². The number of benzene rings is 2. The number of likely N-dealkylation sites (tertiary alicyclic amines) is 1. The van der Waals surface area contributed by atoms with Gasteiger partial charge in [0, 0.05) is 30.3 Å². The van der Waals surface area contributed by atoms with Crippen LogP contribution in [0, 0.1) is 0 Å². The lowest BCUT2D eigenvalue weighted by Gasteiger charge is -2.19. The minimum Gasteiger partial charge on any atom is -0.497 e. The molecule has 0 radical (unpaired) electrons. The van der Waals surface area contributed by atoms with Crippen LogP contribution in [0.4, 0.5) is 13.2 Å². The highest BCUT2D eigenvalue weighted by Gasteiger charge is 2.35. The zero-order valence-electron chi connectivity index (χ0n) is 18.9. The Morgan fingerprint density at radius 3 is 2.71 bits per heavy atom. The Hall–Kier alpha value is -4.02. The van der Waals surface area contributed by atoms with Crippen LogP contribution >= 0.6 is 0 Å². The highest BCUT2D eigenvalue weighted by molar-refractivity contribution is 6.00. The maximum atomic E-state index is 13.1. The van der Waals surface area contributed by atoms with Crippen LogP contribution in [-0.4, -0.2) is 48.5 Å². The number of ether oxygens (including phenoxy) is 2. The van der Waals surface area contributed by atoms with Crippen molar-refractivity contribution in [1.29, 1.82) is 0 Å². The summed E-state index contributed by atoms with van der Waals surface area (Å²) in [7, 11) is 3.06. The van der Waals surface area contributed by atoms with E-state index in [-0.39, 0.29) is 29.5 Å². The number of aromatic nitrogens is 1. The summed E-state index contributed by atoms with van der Waals surface area (Å²) in [5.41, 5.74) is -0.258. The largest absolute Gasteiger partial charge is 0.497 e. The number of carbonyl (C=O) groups excluding carboxylic acids is 2. The third kappa shape index (κ3) is 5.08. The van der Waals surface area contributed by atoms with Gasteiger partial charge in [-0.15, -0.1) is 0 Å². The van der Waals surface area contributed by atoms with Crippen molar-refractivity contribution < 1.29 is 36.7 Å². The number of oxazole rings is 1. The van der Waals surface area contributed by atoms with Crippen molar-refractivity contribution in [2.24, 2.45) is 0 Å². The maximum Gasteiger partial charge on any atom is 0.416 e. The van der Waals surface area contributed by atoms with Crippen LogP contribution in [0.2, 0.25) is 0 Å². The van der Waals surface area contributed by atoms with Crippen molar-refractivity contribution in [3.05, 3.63) is 65.7 Å². The predicted octanol–water partition coefficient (Wildman–Crippen LogP) is 3.91. The average Bonchev–Trinajstić information content (AvgIpc) is 3.47. The molecule has 1 saturated heterocycles. The number of hydrogen-bond donors (Lipinski definition) is 1. The third-order valence-electron chi connectivity index (χ3n) is 5.69. The zero-order valence-corrected chi connectivity index (χ0v) is 18.9. The molecule has 184 valence electrons. The average molecular weight is 489 g/mol. The maximum absolute atomic E-state index is 13.1. The van der Waals surface area contributed by atoms with E-state index < -0.39 is 23.7 Å². The van der Waals surface area contributed by atoms with Crippen molar-refractivity contribution in [3.8, 4) is 22.8 Å². The van der Waals surface area contributed by atoms with Gasteiger partial charge < -0.3 is 24.1 Å². The third-order valence-corrected chi connectivity index (χ3v) is 5.69. The first kappa shape index (κ1) is 24.1. The highest BCUT2D eigenvalue weighted by Crippen LogP contribution is 2.33. The molecule has 0 aliphatic carbocycles. The Balaban J connectivity index is 1.46. The number of rotatable bonds is 7. The van der Waals surface area contributed by atoms with Crippen LogP contribution < -0.4 is 14.8 Å². The lowest BCUT2D eigenvalue weighted by molar-refractivity contribution is -0.137. The van der Waals surface area contributed by atoms with Gasteiger partial charge in [-0.25, -0.2) is 4.98 Å². The lowest BCUT2D eigenvalue weighted by Crippen LogP contribution is -2.41. The van der Waals surface area contributed by atoms with Gasteiger partial charge in [0.05, 0.1) is 19.8 Å². The summed E-state index contributed by atoms with van der Waals surface area (Å²) in [6.07, 6.45) is -3.21. The van der Waals surface area contributed by atoms with Gasteiger partial charge >= 0.3 is 6.18 Å². The molecule has 35 heavy (non-hydrogen) atoms. The second kappa shape index (κ2) is 9.69. The van der Waals surface area contributed by atoms with Gasteiger partial charge in [0.25, 0.3) is 5.91 Å². The van der Waals surface area contributed by atoms with Crippen LogP contribution in [-0.2, 0) is 17.5 Å². The quantitative estimate of drug-likeness (QED) is 0.541. The summed E-state index contributed by atoms with van der Waals surface area (Å²) < 4.78 is 55.0. The number of alkyl halides is 3. The molecule has 1 aliphatic heterocycles. The first-order valence-corrected chi connectivity index (χ1v) is 10.6. The molecule has 11 heteroatoms. The minimum absolute atomic E-state index is 0.0495. The van der Waals surface area contributed by atoms with E-state index in [1.165, 1.54) is 19.2 Å². The van der Waals surface area contributed by atoms with Crippen molar-refractivity contribution in [1.82, 2.24) is 15.2 Å². The van der Waals surface area contributed by atoms with E-state index in [1.54, 1.807) is 30.2 Å². The monoisotopic (exact) mass is 489 g/mol. The molecule has 1 N–H and O–H groups in total. The number of nitrogens with zero attached hydrogens (tertiary/aromatic N) is 2. The molecule has 1 atom stereocenters. The van der Waals surface area contributed by atoms with Gasteiger partial charge in [-0.1, -0.05) is 12.1 Å². The van der Waals surface area contributed by atoms with Crippen molar-refractivity contribution >= 4 is 11.8 Å². The van der Waals surface area contributed by atoms with Crippen LogP contribution in [0.3, 0.4) is 0 Å². The Kier molecular flexibility index (Phi) is 6.68. The molecule has 1 fully saturated rings. The summed E-state index contributed by atoms with van der Waals surface area (Å²) in [5, 5.41) is 2.62. The lowest BCUT2D eigenvalue weighted by atomic mass is 10.1. The van der Waals surface area contributed by atoms with Crippen molar-refractivity contribution in [2.45, 2.75) is 25.2 Å². The minimum atomic E-state index is -4.55. The molecule has 8 nitrogen and oxygen atoms in total. The summed E-state index contributed by atoms with van der Waals surface area (Å²) in [4.78, 5) is 31.2. The predicted molar refractivity (Wildman–Crippen MR) is 118 cm³/mol. The molecule has 1 unspecified atom stereocenters. The second-order valence-electron chi connectivity index (χ2n) is 7.86. The summed E-state index contributed by atoms with van der Waals surface area (Å²) in [5.74, 6) is 0.0678. The van der Waals surface area contributed by atoms with Gasteiger partial charge in [-0.3, -0.25) is 9.59 Å². The number of amides is 2. The fraction of sp³-hybridized carbons (Fsp3) is 0.292. The standard InChI is InChI=1S/C24H22F3N3O5/c1-33-17-7-6-15(19(11-17)34-2)12-30-9-8-18(23(30)32)29-22(31)20-21(35-13-28-20)14-4-3-5-16(10-14)24(25,26)27/h3-7,10-11,13,18H,8-9,12H2,1-2H3,(H,29,31). The van der Waals surface area contributed by atoms with Gasteiger partial charge in [-0.2, -0.15) is 13.2 Å². The second-order valence-corrected chi connectivity index (χ2v) is 7.86. The van der Waals surface area contributed by atoms with Gasteiger partial charge in [-0.05, 0) is 30.7 Å². The SMILES string of the molecule is COc1ccc(CN2CCC(NC(=O)c3ncoc3-c3cccc(C(F)(F)F)c3)C2=O)c(OC)c1. The van der Waals surface area contributed by atoms with E-state index in [4.69, 9.17) is 13.9 Å². The Bertz CT molecular complexity index is 1240. The van der Waals surface area contributed by atoms with Crippen molar-refractivity contribution in [2.75, 3.05) is 20.8 Å². The summed E-state index contributed by atoms with van der Waals surface area (Å²) in [6, 6.07) is 8.87. The Morgan fingerprint density at radius 1 is 1.20 bits per heavy atom. The molecule has 3 aromatic rings. The fourth-order valence-corrected chi connectivity index (χ4v) is 3.89. The normalized spacial score (nSPS) is 15.9. The molecule has 1 aromatic heterocycles. The molecule has 2 amide bonds. The number of nitrogens with one attached hydrogen (secondary N) is 1. The number of hydrogen-bond acceptors (Lipinski definition) is 6. The Labute approximate surface area is 198 Å². The van der Waals surface area contributed by atoms with Gasteiger partial charge in [0.2, 0.25) is 5.91 Å². The summed E-state index contributed by atoms with van der Waals surface area (Å²) in [6.45, 7) is 0.677. The van der Waals surface area contributed by atoms with Crippen LogP contribution in [0.5, 0.6) is 11.5 Å². The van der Waals surface area contributed by atoms with E-state index in [2.05, 4.69) is 10.3 Å². The van der Waals surface area contributed by atoms with Crippen LogP contribution in [0.25, 0.3) is 11.3 Å². The van der Waals surface area contributed by atoms with Gasteiger partial charge in [0.15, 0.2) is 17.8 Å². The zero-order chi connectivity index (χ0) is 25.2. The molecular formula is C24H22F3N3O5. The fourth-order valence-electron chi connectivity index (χ4n) is 3.89. The molecule has 0 saturated carbocycles.